The first kappa shape index (κ1) is 29.7. The maximum atomic E-state index is 13.1. The number of carbonyl (C=O) groups excluding carboxylic acids is 3. The van der Waals surface area contributed by atoms with Crippen molar-refractivity contribution in [3.8, 4) is 22.9 Å². The average molecular weight is 591 g/mol. The monoisotopic (exact) mass is 590 g/mol. The zero-order chi connectivity index (χ0) is 31.2. The smallest absolute Gasteiger partial charge is 0.272 e. The van der Waals surface area contributed by atoms with Crippen LogP contribution >= 0.6 is 0 Å². The van der Waals surface area contributed by atoms with Crippen molar-refractivity contribution in [2.45, 2.75) is 19.4 Å². The number of amides is 3. The Balaban J connectivity index is 1.38. The number of ether oxygens (including phenoxy) is 1. The summed E-state index contributed by atoms with van der Waals surface area (Å²) in [5.41, 5.74) is 3.99. The summed E-state index contributed by atoms with van der Waals surface area (Å²) >= 11 is 0. The van der Waals surface area contributed by atoms with Gasteiger partial charge in [-0.3, -0.25) is 24.4 Å². The van der Waals surface area contributed by atoms with Crippen molar-refractivity contribution in [3.63, 3.8) is 0 Å². The maximum Gasteiger partial charge on any atom is 0.272 e. The van der Waals surface area contributed by atoms with Gasteiger partial charge in [0, 0.05) is 55.8 Å². The van der Waals surface area contributed by atoms with Crippen molar-refractivity contribution in [2.75, 3.05) is 31.8 Å². The number of methoxy groups -OCH3 is 1. The molecule has 44 heavy (non-hydrogen) atoms. The minimum atomic E-state index is -0.349. The Labute approximate surface area is 254 Å². The summed E-state index contributed by atoms with van der Waals surface area (Å²) in [6, 6.07) is 15.8. The van der Waals surface area contributed by atoms with E-state index >= 15 is 0 Å². The van der Waals surface area contributed by atoms with Gasteiger partial charge in [-0.25, -0.2) is 4.98 Å². The van der Waals surface area contributed by atoms with Crippen LogP contribution in [0.25, 0.3) is 11.1 Å². The molecule has 1 saturated carbocycles. The molecule has 4 aromatic rings. The molecule has 3 amide bonds. The Morgan fingerprint density at radius 3 is 2.55 bits per heavy atom. The number of para-hydroxylation sites is 1. The van der Waals surface area contributed by atoms with E-state index in [4.69, 9.17) is 10.00 Å². The van der Waals surface area contributed by atoms with E-state index in [1.54, 1.807) is 49.6 Å². The van der Waals surface area contributed by atoms with Crippen molar-refractivity contribution < 1.29 is 19.1 Å². The second-order valence-corrected chi connectivity index (χ2v) is 10.2. The number of rotatable bonds is 10. The fourth-order valence-corrected chi connectivity index (χ4v) is 4.57. The Hall–Kier alpha value is -5.83. The molecule has 0 aliphatic heterocycles. The molecule has 0 radical (unpaired) electrons. The third-order valence-corrected chi connectivity index (χ3v) is 7.05. The Bertz CT molecular complexity index is 1760. The van der Waals surface area contributed by atoms with Gasteiger partial charge in [0.25, 0.3) is 11.8 Å². The van der Waals surface area contributed by atoms with Gasteiger partial charge in [-0.2, -0.15) is 5.26 Å². The molecule has 12 nitrogen and oxygen atoms in total. The van der Waals surface area contributed by atoms with Crippen LogP contribution in [0.1, 0.15) is 44.9 Å². The second kappa shape index (κ2) is 13.0. The number of carbonyl (C=O) groups is 3. The van der Waals surface area contributed by atoms with Crippen molar-refractivity contribution in [3.05, 3.63) is 89.6 Å². The van der Waals surface area contributed by atoms with Gasteiger partial charge in [-0.1, -0.05) is 18.2 Å². The van der Waals surface area contributed by atoms with Crippen LogP contribution in [0.5, 0.6) is 5.75 Å². The first-order valence-electron chi connectivity index (χ1n) is 13.8. The van der Waals surface area contributed by atoms with E-state index in [9.17, 15) is 14.4 Å². The topological polar surface area (TPSA) is 162 Å². The fourth-order valence-electron chi connectivity index (χ4n) is 4.57. The third kappa shape index (κ3) is 6.63. The highest BCUT2D eigenvalue weighted by Gasteiger charge is 2.30. The van der Waals surface area contributed by atoms with Crippen LogP contribution < -0.4 is 20.7 Å². The predicted molar refractivity (Wildman–Crippen MR) is 163 cm³/mol. The highest BCUT2D eigenvalue weighted by atomic mass is 16.5. The number of nitrogens with zero attached hydrogens (tertiary/aromatic N) is 5. The largest absolute Gasteiger partial charge is 0.494 e. The normalized spacial score (nSPS) is 12.0. The number of benzene rings is 1. The Kier molecular flexibility index (Phi) is 8.76. The maximum absolute atomic E-state index is 13.1. The summed E-state index contributed by atoms with van der Waals surface area (Å²) in [4.78, 5) is 52.4. The van der Waals surface area contributed by atoms with Gasteiger partial charge in [0.2, 0.25) is 5.91 Å². The number of hydrogen-bond acceptors (Lipinski definition) is 9. The van der Waals surface area contributed by atoms with Crippen LogP contribution in [0.4, 0.5) is 17.2 Å². The Morgan fingerprint density at radius 1 is 1.05 bits per heavy atom. The van der Waals surface area contributed by atoms with E-state index in [2.05, 4.69) is 37.0 Å². The molecule has 222 valence electrons. The molecule has 12 heteroatoms. The van der Waals surface area contributed by atoms with Gasteiger partial charge in [0.05, 0.1) is 47.9 Å². The predicted octanol–water partition coefficient (Wildman–Crippen LogP) is 4.14. The molecule has 0 spiro atoms. The van der Waals surface area contributed by atoms with Crippen LogP contribution in [0.15, 0.2) is 67.1 Å². The van der Waals surface area contributed by atoms with Crippen molar-refractivity contribution in [1.29, 1.82) is 5.26 Å². The number of nitriles is 1. The summed E-state index contributed by atoms with van der Waals surface area (Å²) < 4.78 is 5.78. The molecular weight excluding hydrogens is 560 g/mol. The highest BCUT2D eigenvalue weighted by molar-refractivity contribution is 6.02. The molecule has 1 fully saturated rings. The molecule has 5 rings (SSSR count). The number of anilines is 3. The van der Waals surface area contributed by atoms with Crippen LogP contribution in [0.2, 0.25) is 0 Å². The van der Waals surface area contributed by atoms with Gasteiger partial charge in [-0.15, -0.1) is 0 Å². The lowest BCUT2D eigenvalue weighted by Gasteiger charge is -2.18. The molecule has 0 saturated heterocycles. The molecule has 0 unspecified atom stereocenters. The quantitative estimate of drug-likeness (QED) is 0.246. The van der Waals surface area contributed by atoms with Crippen LogP contribution in [-0.2, 0) is 11.3 Å². The molecule has 1 aliphatic carbocycles. The third-order valence-electron chi connectivity index (χ3n) is 7.05. The summed E-state index contributed by atoms with van der Waals surface area (Å²) in [5, 5.41) is 17.8. The summed E-state index contributed by atoms with van der Waals surface area (Å²) in [6.07, 6.45) is 6.24. The number of nitrogens with one attached hydrogen (secondary N) is 3. The Morgan fingerprint density at radius 2 is 1.86 bits per heavy atom. The molecular formula is C32H30N8O4. The summed E-state index contributed by atoms with van der Waals surface area (Å²) in [5.74, 6) is 0.0663. The van der Waals surface area contributed by atoms with Gasteiger partial charge >= 0.3 is 0 Å². The molecule has 0 atom stereocenters. The fraction of sp³-hybridized carbons (Fsp3) is 0.219. The number of pyridine rings is 3. The van der Waals surface area contributed by atoms with Gasteiger partial charge in [0.1, 0.15) is 17.3 Å². The molecule has 3 N–H and O–H groups in total. The van der Waals surface area contributed by atoms with Crippen molar-refractivity contribution in [2.24, 2.45) is 5.92 Å². The minimum Gasteiger partial charge on any atom is -0.494 e. The summed E-state index contributed by atoms with van der Waals surface area (Å²) in [6.45, 7) is 0.221. The number of aromatic nitrogens is 3. The van der Waals surface area contributed by atoms with Gasteiger partial charge in [-0.05, 0) is 37.1 Å². The van der Waals surface area contributed by atoms with Crippen molar-refractivity contribution >= 4 is 34.9 Å². The van der Waals surface area contributed by atoms with E-state index in [1.807, 2.05) is 12.1 Å². The van der Waals surface area contributed by atoms with Gasteiger partial charge < -0.3 is 25.6 Å². The lowest BCUT2D eigenvalue weighted by molar-refractivity contribution is -0.117. The lowest BCUT2D eigenvalue weighted by Crippen LogP contribution is -2.27. The zero-order valence-electron chi connectivity index (χ0n) is 24.4. The van der Waals surface area contributed by atoms with Crippen LogP contribution in [-0.4, -0.2) is 58.8 Å². The molecule has 3 heterocycles. The zero-order valence-corrected chi connectivity index (χ0v) is 24.4. The van der Waals surface area contributed by atoms with Crippen molar-refractivity contribution in [1.82, 2.24) is 25.2 Å². The number of hydrogen-bond donors (Lipinski definition) is 3. The standard InChI is InChI=1S/C32H30N8O4/c1-34-31(42)24-17-37-28(39-30(41)20-7-8-20)14-27(24)38-25-6-4-5-23(29(25)44-3)21-9-10-26(36-16-21)32(43)40(2)18-22-13-19(15-33)11-12-35-22/h4-6,9-14,16-17,20H,7-8,18H2,1-3H3,(H,34,42)(H2,37,38,39,41). The van der Waals surface area contributed by atoms with E-state index in [-0.39, 0.29) is 41.4 Å². The minimum absolute atomic E-state index is 0.00204. The lowest BCUT2D eigenvalue weighted by atomic mass is 10.0. The average Bonchev–Trinajstić information content (AvgIpc) is 3.90. The van der Waals surface area contributed by atoms with E-state index in [0.717, 1.165) is 12.8 Å². The molecule has 3 aromatic heterocycles. The second-order valence-electron chi connectivity index (χ2n) is 10.2. The molecule has 0 bridgehead atoms. The van der Waals surface area contributed by atoms with Crippen LogP contribution in [0.3, 0.4) is 0 Å². The van der Waals surface area contributed by atoms with E-state index in [1.165, 1.54) is 31.5 Å². The van der Waals surface area contributed by atoms with E-state index in [0.29, 0.717) is 45.3 Å². The van der Waals surface area contributed by atoms with Crippen LogP contribution in [0, 0.1) is 17.2 Å². The van der Waals surface area contributed by atoms with Gasteiger partial charge in [0.15, 0.2) is 0 Å². The first-order chi connectivity index (χ1) is 21.3. The highest BCUT2D eigenvalue weighted by Crippen LogP contribution is 2.38. The van der Waals surface area contributed by atoms with E-state index < -0.39 is 0 Å². The molecule has 1 aliphatic rings. The SMILES string of the molecule is CNC(=O)c1cnc(NC(=O)C2CC2)cc1Nc1cccc(-c2ccc(C(=O)N(C)Cc3cc(C#N)ccn3)nc2)c1OC. The molecule has 1 aromatic carbocycles. The summed E-state index contributed by atoms with van der Waals surface area (Å²) in [7, 11) is 4.71. The first-order valence-corrected chi connectivity index (χ1v) is 13.8.